The average Bonchev–Trinajstić information content (AvgIpc) is 2.44. The average molecular weight is 293 g/mol. The molecule has 0 heterocycles. The van der Waals surface area contributed by atoms with Gasteiger partial charge in [-0.25, -0.2) is 0 Å². The van der Waals surface area contributed by atoms with Crippen LogP contribution in [0.2, 0.25) is 0 Å². The molecule has 3 N–H and O–H groups in total. The van der Waals surface area contributed by atoms with E-state index in [9.17, 15) is 19.2 Å². The van der Waals surface area contributed by atoms with E-state index in [1.165, 1.54) is 19.1 Å². The highest BCUT2D eigenvalue weighted by Crippen LogP contribution is 2.09. The fourth-order valence-electron chi connectivity index (χ4n) is 1.35. The van der Waals surface area contributed by atoms with Gasteiger partial charge in [0.05, 0.1) is 7.11 Å². The molecule has 0 saturated carbocycles. The number of rotatable bonds is 4. The standard InChI is InChI=1S/C13H15N3O5/c1-8(17)14-10-5-3-9(4-6-10)13(20)16-15-11(18)7-12(19)21-2/h3-6H,7H2,1-2H3,(H,14,17)(H,15,18)(H,16,20). The van der Waals surface area contributed by atoms with Crippen LogP contribution in [0, 0.1) is 0 Å². The van der Waals surface area contributed by atoms with E-state index in [0.29, 0.717) is 5.69 Å². The van der Waals surface area contributed by atoms with Crippen LogP contribution in [0.5, 0.6) is 0 Å². The molecule has 0 aliphatic carbocycles. The number of methoxy groups -OCH3 is 1. The third kappa shape index (κ3) is 5.72. The van der Waals surface area contributed by atoms with Gasteiger partial charge in [-0.2, -0.15) is 0 Å². The van der Waals surface area contributed by atoms with Gasteiger partial charge in [0.25, 0.3) is 5.91 Å². The number of hydrazine groups is 1. The summed E-state index contributed by atoms with van der Waals surface area (Å²) in [5, 5.41) is 2.56. The third-order valence-electron chi connectivity index (χ3n) is 2.32. The van der Waals surface area contributed by atoms with Gasteiger partial charge in [-0.05, 0) is 24.3 Å². The van der Waals surface area contributed by atoms with Crippen molar-refractivity contribution in [2.75, 3.05) is 12.4 Å². The largest absolute Gasteiger partial charge is 0.469 e. The summed E-state index contributed by atoms with van der Waals surface area (Å²) in [6.07, 6.45) is -0.488. The summed E-state index contributed by atoms with van der Waals surface area (Å²) in [4.78, 5) is 44.6. The molecular weight excluding hydrogens is 278 g/mol. The summed E-state index contributed by atoms with van der Waals surface area (Å²) in [6.45, 7) is 1.37. The molecule has 0 atom stereocenters. The number of hydrogen-bond acceptors (Lipinski definition) is 5. The van der Waals surface area contributed by atoms with Crippen molar-refractivity contribution in [1.82, 2.24) is 10.9 Å². The van der Waals surface area contributed by atoms with Crippen molar-refractivity contribution in [2.45, 2.75) is 13.3 Å². The Kier molecular flexibility index (Phi) is 5.87. The predicted molar refractivity (Wildman–Crippen MR) is 73.0 cm³/mol. The van der Waals surface area contributed by atoms with E-state index in [1.54, 1.807) is 12.1 Å². The maximum Gasteiger partial charge on any atom is 0.315 e. The first-order chi connectivity index (χ1) is 9.92. The van der Waals surface area contributed by atoms with Gasteiger partial charge in [-0.15, -0.1) is 0 Å². The quantitative estimate of drug-likeness (QED) is 0.410. The summed E-state index contributed by atoms with van der Waals surface area (Å²) in [5.41, 5.74) is 5.07. The molecule has 0 aliphatic rings. The molecule has 0 aromatic heterocycles. The fourth-order valence-corrected chi connectivity index (χ4v) is 1.35. The smallest absolute Gasteiger partial charge is 0.315 e. The molecule has 112 valence electrons. The van der Waals surface area contributed by atoms with Gasteiger partial charge in [0.15, 0.2) is 0 Å². The summed E-state index contributed by atoms with van der Waals surface area (Å²) < 4.78 is 4.31. The highest BCUT2D eigenvalue weighted by atomic mass is 16.5. The maximum absolute atomic E-state index is 11.7. The second-order valence-corrected chi connectivity index (χ2v) is 4.01. The molecule has 0 bridgehead atoms. The minimum absolute atomic E-state index is 0.220. The van der Waals surface area contributed by atoms with Crippen LogP contribution in [0.4, 0.5) is 5.69 Å². The number of hydrogen-bond donors (Lipinski definition) is 3. The van der Waals surface area contributed by atoms with E-state index in [4.69, 9.17) is 0 Å². The Bertz CT molecular complexity index is 553. The van der Waals surface area contributed by atoms with Crippen LogP contribution in [0.15, 0.2) is 24.3 Å². The van der Waals surface area contributed by atoms with Crippen molar-refractivity contribution in [3.63, 3.8) is 0 Å². The molecular formula is C13H15N3O5. The first-order valence-corrected chi connectivity index (χ1v) is 5.96. The highest BCUT2D eigenvalue weighted by molar-refractivity contribution is 5.98. The Morgan fingerprint density at radius 3 is 2.19 bits per heavy atom. The Balaban J connectivity index is 2.50. The zero-order valence-corrected chi connectivity index (χ0v) is 11.6. The van der Waals surface area contributed by atoms with E-state index >= 15 is 0 Å². The van der Waals surface area contributed by atoms with Crippen molar-refractivity contribution in [1.29, 1.82) is 0 Å². The van der Waals surface area contributed by atoms with E-state index in [2.05, 4.69) is 20.9 Å². The van der Waals surface area contributed by atoms with Crippen LogP contribution in [0.3, 0.4) is 0 Å². The molecule has 1 aromatic carbocycles. The van der Waals surface area contributed by atoms with Crippen molar-refractivity contribution in [3.8, 4) is 0 Å². The lowest BCUT2D eigenvalue weighted by atomic mass is 10.2. The van der Waals surface area contributed by atoms with Gasteiger partial charge in [-0.1, -0.05) is 0 Å². The Labute approximate surface area is 120 Å². The van der Waals surface area contributed by atoms with Crippen molar-refractivity contribution in [3.05, 3.63) is 29.8 Å². The number of carbonyl (C=O) groups excluding carboxylic acids is 4. The summed E-state index contributed by atoms with van der Waals surface area (Å²) in [6, 6.07) is 6.05. The zero-order chi connectivity index (χ0) is 15.8. The Hall–Kier alpha value is -2.90. The Morgan fingerprint density at radius 1 is 1.05 bits per heavy atom. The van der Waals surface area contributed by atoms with E-state index < -0.39 is 24.2 Å². The zero-order valence-electron chi connectivity index (χ0n) is 11.6. The molecule has 8 heteroatoms. The van der Waals surface area contributed by atoms with Crippen LogP contribution < -0.4 is 16.2 Å². The van der Waals surface area contributed by atoms with Crippen LogP contribution in [0.1, 0.15) is 23.7 Å². The molecule has 0 radical (unpaired) electrons. The van der Waals surface area contributed by atoms with Crippen molar-refractivity contribution in [2.24, 2.45) is 0 Å². The topological polar surface area (TPSA) is 114 Å². The van der Waals surface area contributed by atoms with E-state index in [0.717, 1.165) is 7.11 Å². The van der Waals surface area contributed by atoms with Gasteiger partial charge in [0.2, 0.25) is 11.8 Å². The van der Waals surface area contributed by atoms with Crippen LogP contribution >= 0.6 is 0 Å². The normalized spacial score (nSPS) is 9.43. The van der Waals surface area contributed by atoms with Gasteiger partial charge in [0, 0.05) is 18.2 Å². The molecule has 1 aromatic rings. The summed E-state index contributed by atoms with van der Waals surface area (Å²) in [7, 11) is 1.16. The second-order valence-electron chi connectivity index (χ2n) is 4.01. The number of nitrogens with one attached hydrogen (secondary N) is 3. The molecule has 1 rings (SSSR count). The van der Waals surface area contributed by atoms with Crippen LogP contribution in [-0.4, -0.2) is 30.8 Å². The minimum atomic E-state index is -0.707. The highest BCUT2D eigenvalue weighted by Gasteiger charge is 2.11. The molecule has 0 saturated heterocycles. The lowest BCUT2D eigenvalue weighted by molar-refractivity contribution is -0.144. The molecule has 8 nitrogen and oxygen atoms in total. The predicted octanol–water partition coefficient (Wildman–Crippen LogP) is -0.0309. The molecule has 0 aliphatic heterocycles. The fraction of sp³-hybridized carbons (Fsp3) is 0.231. The number of benzene rings is 1. The van der Waals surface area contributed by atoms with Crippen LogP contribution in [-0.2, 0) is 19.1 Å². The number of carbonyl (C=O) groups is 4. The van der Waals surface area contributed by atoms with Gasteiger partial charge < -0.3 is 10.1 Å². The van der Waals surface area contributed by atoms with Crippen molar-refractivity contribution < 1.29 is 23.9 Å². The SMILES string of the molecule is COC(=O)CC(=O)NNC(=O)c1ccc(NC(C)=O)cc1. The number of anilines is 1. The lowest BCUT2D eigenvalue weighted by Crippen LogP contribution is -2.42. The third-order valence-corrected chi connectivity index (χ3v) is 2.32. The van der Waals surface area contributed by atoms with Gasteiger partial charge in [0.1, 0.15) is 6.42 Å². The molecule has 21 heavy (non-hydrogen) atoms. The first-order valence-electron chi connectivity index (χ1n) is 5.96. The molecule has 0 spiro atoms. The lowest BCUT2D eigenvalue weighted by Gasteiger charge is -2.07. The maximum atomic E-state index is 11.7. The van der Waals surface area contributed by atoms with Crippen LogP contribution in [0.25, 0.3) is 0 Å². The molecule has 3 amide bonds. The van der Waals surface area contributed by atoms with Crippen molar-refractivity contribution >= 4 is 29.4 Å². The number of esters is 1. The van der Waals surface area contributed by atoms with Gasteiger partial charge >= 0.3 is 5.97 Å². The second kappa shape index (κ2) is 7.63. The van der Waals surface area contributed by atoms with Gasteiger partial charge in [-0.3, -0.25) is 30.0 Å². The molecule has 0 unspecified atom stereocenters. The monoisotopic (exact) mass is 293 g/mol. The Morgan fingerprint density at radius 2 is 1.67 bits per heavy atom. The number of amides is 3. The minimum Gasteiger partial charge on any atom is -0.469 e. The van der Waals surface area contributed by atoms with E-state index in [-0.39, 0.29) is 11.5 Å². The van der Waals surface area contributed by atoms with E-state index in [1.807, 2.05) is 0 Å². The molecule has 0 fully saturated rings. The summed E-state index contributed by atoms with van der Waals surface area (Å²) in [5.74, 6) is -2.17. The number of ether oxygens (including phenoxy) is 1. The first kappa shape index (κ1) is 16.2. The summed E-state index contributed by atoms with van der Waals surface area (Å²) >= 11 is 0.